The van der Waals surface area contributed by atoms with Crippen molar-refractivity contribution in [3.8, 4) is 0 Å². The highest BCUT2D eigenvalue weighted by Crippen LogP contribution is 2.38. The zero-order valence-electron chi connectivity index (χ0n) is 12.5. The molecule has 21 heavy (non-hydrogen) atoms. The lowest BCUT2D eigenvalue weighted by Crippen LogP contribution is -2.36. The first-order chi connectivity index (χ1) is 10.3. The highest BCUT2D eigenvalue weighted by atomic mass is 15.4. The molecule has 0 spiro atoms. The maximum Gasteiger partial charge on any atom is 0.232 e. The number of fused-ring (bicyclic) bond motifs is 1. The Morgan fingerprint density at radius 1 is 0.810 bits per heavy atom. The topological polar surface area (TPSA) is 71.2 Å². The average Bonchev–Trinajstić information content (AvgIpc) is 3.16. The summed E-state index contributed by atoms with van der Waals surface area (Å²) in [6.45, 7) is 3.14. The Morgan fingerprint density at radius 2 is 1.57 bits per heavy atom. The van der Waals surface area contributed by atoms with Gasteiger partial charge in [0.15, 0.2) is 0 Å². The Labute approximate surface area is 125 Å². The first kappa shape index (κ1) is 13.1. The lowest BCUT2D eigenvalue weighted by atomic mass is 9.85. The molecule has 3 aliphatic rings. The monoisotopic (exact) mass is 288 g/mol. The van der Waals surface area contributed by atoms with Crippen LogP contribution in [0.5, 0.6) is 0 Å². The molecule has 0 radical (unpaired) electrons. The van der Waals surface area contributed by atoms with E-state index in [-0.39, 0.29) is 0 Å². The Hall–Kier alpha value is -1.59. The Kier molecular flexibility index (Phi) is 3.31. The summed E-state index contributed by atoms with van der Waals surface area (Å²) in [6.07, 6.45) is 9.06. The first-order valence-corrected chi connectivity index (χ1v) is 8.34. The molecule has 0 aromatic carbocycles. The number of rotatable bonds is 2. The van der Waals surface area contributed by atoms with E-state index in [9.17, 15) is 0 Å². The fraction of sp³-hybridized carbons (Fsp3) is 0.800. The fourth-order valence-corrected chi connectivity index (χ4v) is 4.21. The van der Waals surface area contributed by atoms with Crippen molar-refractivity contribution in [1.82, 2.24) is 15.0 Å². The summed E-state index contributed by atoms with van der Waals surface area (Å²) in [7, 11) is 0. The number of nitrogens with zero attached hydrogens (tertiary/aromatic N) is 5. The molecule has 2 unspecified atom stereocenters. The number of hydrogen-bond donors (Lipinski definition) is 1. The number of anilines is 3. The smallest absolute Gasteiger partial charge is 0.232 e. The normalized spacial score (nSPS) is 29.0. The van der Waals surface area contributed by atoms with Crippen molar-refractivity contribution in [3.05, 3.63) is 0 Å². The summed E-state index contributed by atoms with van der Waals surface area (Å²) in [5.41, 5.74) is 5.95. The molecule has 4 rings (SSSR count). The van der Waals surface area contributed by atoms with Gasteiger partial charge in [-0.25, -0.2) is 0 Å². The van der Waals surface area contributed by atoms with Crippen LogP contribution >= 0.6 is 0 Å². The van der Waals surface area contributed by atoms with Crippen molar-refractivity contribution in [2.24, 2.45) is 5.92 Å². The molecule has 0 bridgehead atoms. The van der Waals surface area contributed by atoms with Crippen LogP contribution in [0.1, 0.15) is 44.9 Å². The van der Waals surface area contributed by atoms with Crippen LogP contribution in [0.4, 0.5) is 17.8 Å². The van der Waals surface area contributed by atoms with Crippen molar-refractivity contribution in [1.29, 1.82) is 0 Å². The second kappa shape index (κ2) is 5.31. The van der Waals surface area contributed by atoms with E-state index in [4.69, 9.17) is 10.7 Å². The molecule has 0 amide bonds. The maximum absolute atomic E-state index is 5.95. The molecule has 2 atom stereocenters. The second-order valence-corrected chi connectivity index (χ2v) is 6.58. The van der Waals surface area contributed by atoms with E-state index in [1.54, 1.807) is 0 Å². The third-order valence-electron chi connectivity index (χ3n) is 5.28. The van der Waals surface area contributed by atoms with E-state index < -0.39 is 0 Å². The van der Waals surface area contributed by atoms with Gasteiger partial charge in [0.1, 0.15) is 0 Å². The van der Waals surface area contributed by atoms with Crippen LogP contribution in [0, 0.1) is 5.92 Å². The van der Waals surface area contributed by atoms with Crippen molar-refractivity contribution in [3.63, 3.8) is 0 Å². The number of nitrogens with two attached hydrogens (primary N) is 1. The lowest BCUT2D eigenvalue weighted by molar-refractivity contribution is 0.341. The Morgan fingerprint density at radius 3 is 2.43 bits per heavy atom. The van der Waals surface area contributed by atoms with Gasteiger partial charge in [0, 0.05) is 25.7 Å². The summed E-state index contributed by atoms with van der Waals surface area (Å²) in [6, 6.07) is 0.618. The number of nitrogen functional groups attached to an aromatic ring is 1. The molecule has 3 heterocycles. The third kappa shape index (κ3) is 2.40. The lowest BCUT2D eigenvalue weighted by Gasteiger charge is -2.32. The molecule has 1 aromatic heterocycles. The van der Waals surface area contributed by atoms with Crippen LogP contribution in [-0.4, -0.2) is 40.6 Å². The number of hydrogen-bond acceptors (Lipinski definition) is 6. The fourth-order valence-electron chi connectivity index (χ4n) is 4.21. The molecule has 6 heteroatoms. The first-order valence-electron chi connectivity index (χ1n) is 8.34. The van der Waals surface area contributed by atoms with Crippen molar-refractivity contribution < 1.29 is 0 Å². The zero-order chi connectivity index (χ0) is 14.2. The van der Waals surface area contributed by atoms with E-state index >= 15 is 0 Å². The molecule has 1 aliphatic carbocycles. The standard InChI is InChI=1S/C15H24N6/c16-13-17-14(20-8-3-4-9-20)19-15(18-13)21-10-7-11-5-1-2-6-12(11)21/h11-12H,1-10H2,(H2,16,17,18,19). The SMILES string of the molecule is Nc1nc(N2CCCC2)nc(N2CCC3CCCCC32)n1. The van der Waals surface area contributed by atoms with Crippen LogP contribution in [0.3, 0.4) is 0 Å². The molecule has 6 nitrogen and oxygen atoms in total. The summed E-state index contributed by atoms with van der Waals surface area (Å²) in [4.78, 5) is 18.1. The van der Waals surface area contributed by atoms with Gasteiger partial charge in [-0.2, -0.15) is 15.0 Å². The van der Waals surface area contributed by atoms with Crippen molar-refractivity contribution >= 4 is 17.8 Å². The highest BCUT2D eigenvalue weighted by molar-refractivity contribution is 5.45. The van der Waals surface area contributed by atoms with Gasteiger partial charge in [0.05, 0.1) is 0 Å². The van der Waals surface area contributed by atoms with E-state index in [1.807, 2.05) is 0 Å². The van der Waals surface area contributed by atoms with Crippen LogP contribution in [-0.2, 0) is 0 Å². The van der Waals surface area contributed by atoms with Gasteiger partial charge in [-0.3, -0.25) is 0 Å². The predicted molar refractivity (Wildman–Crippen MR) is 83.4 cm³/mol. The minimum absolute atomic E-state index is 0.362. The predicted octanol–water partition coefficient (Wildman–Crippen LogP) is 1.82. The molecule has 114 valence electrons. The number of aromatic nitrogens is 3. The Balaban J connectivity index is 1.62. The summed E-state index contributed by atoms with van der Waals surface area (Å²) < 4.78 is 0. The van der Waals surface area contributed by atoms with Crippen LogP contribution in [0.25, 0.3) is 0 Å². The van der Waals surface area contributed by atoms with Crippen LogP contribution < -0.4 is 15.5 Å². The molecule has 2 N–H and O–H groups in total. The van der Waals surface area contributed by atoms with Gasteiger partial charge in [-0.1, -0.05) is 12.8 Å². The van der Waals surface area contributed by atoms with Gasteiger partial charge < -0.3 is 15.5 Å². The minimum Gasteiger partial charge on any atom is -0.368 e. The summed E-state index contributed by atoms with van der Waals surface area (Å²) in [5.74, 6) is 2.76. The largest absolute Gasteiger partial charge is 0.368 e. The average molecular weight is 288 g/mol. The highest BCUT2D eigenvalue weighted by Gasteiger charge is 2.37. The van der Waals surface area contributed by atoms with E-state index in [2.05, 4.69) is 19.8 Å². The van der Waals surface area contributed by atoms with Crippen molar-refractivity contribution in [2.75, 3.05) is 35.2 Å². The third-order valence-corrected chi connectivity index (χ3v) is 5.28. The Bertz CT molecular complexity index is 513. The van der Waals surface area contributed by atoms with Gasteiger partial charge in [0.25, 0.3) is 0 Å². The van der Waals surface area contributed by atoms with Gasteiger partial charge in [-0.05, 0) is 38.0 Å². The molecular formula is C15H24N6. The molecule has 2 saturated heterocycles. The van der Waals surface area contributed by atoms with E-state index in [0.717, 1.165) is 37.4 Å². The zero-order valence-corrected chi connectivity index (χ0v) is 12.5. The van der Waals surface area contributed by atoms with Crippen LogP contribution in [0.15, 0.2) is 0 Å². The summed E-state index contributed by atoms with van der Waals surface area (Å²) in [5, 5.41) is 0. The molecular weight excluding hydrogens is 264 g/mol. The van der Waals surface area contributed by atoms with Gasteiger partial charge >= 0.3 is 0 Å². The van der Waals surface area contributed by atoms with Gasteiger partial charge in [-0.15, -0.1) is 0 Å². The van der Waals surface area contributed by atoms with Crippen molar-refractivity contribution in [2.45, 2.75) is 51.0 Å². The molecule has 2 aliphatic heterocycles. The molecule has 3 fully saturated rings. The summed E-state index contributed by atoms with van der Waals surface area (Å²) >= 11 is 0. The quantitative estimate of drug-likeness (QED) is 0.895. The second-order valence-electron chi connectivity index (χ2n) is 6.58. The van der Waals surface area contributed by atoms with Gasteiger partial charge in [0.2, 0.25) is 17.8 Å². The van der Waals surface area contributed by atoms with E-state index in [0.29, 0.717) is 12.0 Å². The molecule has 1 saturated carbocycles. The minimum atomic E-state index is 0.362. The maximum atomic E-state index is 5.95. The van der Waals surface area contributed by atoms with Crippen LogP contribution in [0.2, 0.25) is 0 Å². The molecule has 1 aromatic rings. The van der Waals surface area contributed by atoms with E-state index in [1.165, 1.54) is 44.9 Å².